The molecular weight excluding hydrogens is 601 g/mol. The Balaban J connectivity index is 1.54. The monoisotopic (exact) mass is 643 g/mol. The van der Waals surface area contributed by atoms with Crippen LogP contribution >= 0.6 is 23.2 Å². The van der Waals surface area contributed by atoms with Crippen LogP contribution < -0.4 is 25.4 Å². The summed E-state index contributed by atoms with van der Waals surface area (Å²) >= 11 is 13.0. The largest absolute Gasteiger partial charge is 0.498 e. The van der Waals surface area contributed by atoms with E-state index >= 15 is 0 Å². The number of carbonyl (C=O) groups excluding carboxylic acids is 1. The van der Waals surface area contributed by atoms with E-state index in [0.717, 1.165) is 55.6 Å². The van der Waals surface area contributed by atoms with Gasteiger partial charge in [0.25, 0.3) is 0 Å². The molecule has 238 valence electrons. The van der Waals surface area contributed by atoms with Crippen molar-refractivity contribution in [3.05, 3.63) is 63.3 Å². The van der Waals surface area contributed by atoms with Crippen molar-refractivity contribution in [2.24, 2.45) is 11.8 Å². The van der Waals surface area contributed by atoms with E-state index < -0.39 is 0 Å². The molecule has 1 fully saturated rings. The van der Waals surface area contributed by atoms with Crippen LogP contribution in [0.4, 0.5) is 17.1 Å². The van der Waals surface area contributed by atoms with Crippen LogP contribution in [0.3, 0.4) is 0 Å². The SMILES string of the molecule is C=C1CCC(Cl)CCC1COc1ccc(NC2c3cc(NC(=O)CCCN(C)C)c(OCC)cc3NCC2C#[N+][O-])cc1Cl. The van der Waals surface area contributed by atoms with Gasteiger partial charge < -0.3 is 35.5 Å². The van der Waals surface area contributed by atoms with Crippen LogP contribution in [0.2, 0.25) is 5.02 Å². The number of alkyl halides is 1. The lowest BCUT2D eigenvalue weighted by atomic mass is 9.88. The summed E-state index contributed by atoms with van der Waals surface area (Å²) in [7, 11) is 3.96. The van der Waals surface area contributed by atoms with E-state index in [1.165, 1.54) is 5.57 Å². The van der Waals surface area contributed by atoms with Crippen molar-refractivity contribution in [2.45, 2.75) is 56.9 Å². The highest BCUT2D eigenvalue weighted by atomic mass is 35.5. The van der Waals surface area contributed by atoms with E-state index in [-0.39, 0.29) is 29.2 Å². The lowest BCUT2D eigenvalue weighted by Crippen LogP contribution is -2.31. The predicted molar refractivity (Wildman–Crippen MR) is 181 cm³/mol. The topological polar surface area (TPSA) is 102 Å². The maximum Gasteiger partial charge on any atom is 0.306 e. The van der Waals surface area contributed by atoms with Crippen molar-refractivity contribution in [1.82, 2.24) is 4.90 Å². The van der Waals surface area contributed by atoms with Crippen molar-refractivity contribution >= 4 is 46.2 Å². The van der Waals surface area contributed by atoms with Gasteiger partial charge in [-0.3, -0.25) is 4.79 Å². The van der Waals surface area contributed by atoms with Crippen LogP contribution in [0.15, 0.2) is 42.5 Å². The zero-order chi connectivity index (χ0) is 31.6. The molecular formula is C33H43Cl2N5O4. The number of rotatable bonds is 12. The number of halogens is 2. The minimum absolute atomic E-state index is 0.0949. The highest BCUT2D eigenvalue weighted by molar-refractivity contribution is 6.32. The second-order valence-corrected chi connectivity index (χ2v) is 12.7. The van der Waals surface area contributed by atoms with E-state index in [0.29, 0.717) is 48.4 Å². The molecule has 9 nitrogen and oxygen atoms in total. The quantitative estimate of drug-likeness (QED) is 0.0939. The molecule has 0 bridgehead atoms. The molecule has 4 unspecified atom stereocenters. The van der Waals surface area contributed by atoms with Gasteiger partial charge in [-0.05, 0) is 83.9 Å². The third-order valence-corrected chi connectivity index (χ3v) is 8.81. The summed E-state index contributed by atoms with van der Waals surface area (Å²) in [6.45, 7) is 8.33. The van der Waals surface area contributed by atoms with Crippen LogP contribution in [0.25, 0.3) is 5.01 Å². The molecule has 2 aliphatic rings. The highest BCUT2D eigenvalue weighted by Gasteiger charge is 2.34. The summed E-state index contributed by atoms with van der Waals surface area (Å²) in [4.78, 5) is 14.9. The van der Waals surface area contributed by atoms with E-state index in [4.69, 9.17) is 32.7 Å². The van der Waals surface area contributed by atoms with Crippen LogP contribution in [-0.4, -0.2) is 56.6 Å². The van der Waals surface area contributed by atoms with Crippen molar-refractivity contribution in [3.63, 3.8) is 0 Å². The number of nitrogens with zero attached hydrogens (tertiary/aromatic N) is 2. The minimum atomic E-state index is -0.386. The second kappa shape index (κ2) is 16.1. The molecule has 1 aliphatic heterocycles. The Morgan fingerprint density at radius 2 is 2.02 bits per heavy atom. The molecule has 1 aliphatic carbocycles. The number of benzene rings is 2. The molecule has 3 N–H and O–H groups in total. The number of nitrogens with one attached hydrogen (secondary N) is 3. The van der Waals surface area contributed by atoms with Crippen LogP contribution in [0.5, 0.6) is 11.5 Å². The fourth-order valence-corrected chi connectivity index (χ4v) is 6.09. The van der Waals surface area contributed by atoms with E-state index in [2.05, 4.69) is 33.6 Å². The molecule has 0 aromatic heterocycles. The van der Waals surface area contributed by atoms with Crippen LogP contribution in [-0.2, 0) is 4.79 Å². The standard InChI is InChI=1S/C33H43Cl2N5O4/c1-5-43-31-17-28-26(16-29(31)39-32(41)7-6-14-40(3)4)33(23(18-36-28)19-37-42)38-25-12-13-30(27(35)15-25)44-20-22-9-11-24(34)10-8-21(22)2/h12-13,15-17,22-24,33,36,38H,2,5-11,14,18,20H2,1,3-4H3,(H,39,41). The molecule has 4 rings (SSSR count). The van der Waals surface area contributed by atoms with Crippen molar-refractivity contribution in [1.29, 1.82) is 0 Å². The van der Waals surface area contributed by atoms with E-state index in [1.807, 2.05) is 56.3 Å². The number of amides is 1. The van der Waals surface area contributed by atoms with Gasteiger partial charge in [-0.15, -0.1) is 11.6 Å². The molecule has 1 saturated carbocycles. The number of fused-ring (bicyclic) bond motifs is 1. The first-order valence-corrected chi connectivity index (χ1v) is 16.1. The number of carbonyl (C=O) groups is 1. The number of ether oxygens (including phenoxy) is 2. The minimum Gasteiger partial charge on any atom is -0.498 e. The van der Waals surface area contributed by atoms with Gasteiger partial charge in [0.15, 0.2) is 0 Å². The number of anilines is 3. The maximum atomic E-state index is 12.8. The molecule has 0 spiro atoms. The molecule has 0 radical (unpaired) electrons. The lowest BCUT2D eigenvalue weighted by Gasteiger charge is -2.32. The van der Waals surface area contributed by atoms with Crippen LogP contribution in [0.1, 0.15) is 57.1 Å². The fraction of sp³-hybridized carbons (Fsp3) is 0.515. The Morgan fingerprint density at radius 1 is 1.20 bits per heavy atom. The van der Waals surface area contributed by atoms with Gasteiger partial charge in [-0.2, -0.15) is 0 Å². The highest BCUT2D eigenvalue weighted by Crippen LogP contribution is 2.42. The fourth-order valence-electron chi connectivity index (χ4n) is 5.62. The van der Waals surface area contributed by atoms with Gasteiger partial charge in [0, 0.05) is 52.3 Å². The third-order valence-electron chi connectivity index (χ3n) is 8.08. The smallest absolute Gasteiger partial charge is 0.306 e. The number of hydrogen-bond donors (Lipinski definition) is 3. The molecule has 0 saturated heterocycles. The summed E-state index contributed by atoms with van der Waals surface area (Å²) in [6, 6.07) is 11.6. The zero-order valence-corrected chi connectivity index (χ0v) is 27.3. The van der Waals surface area contributed by atoms with Gasteiger partial charge in [0.2, 0.25) is 5.91 Å². The average Bonchev–Trinajstić information content (AvgIpc) is 3.14. The Labute approximate surface area is 270 Å². The average molecular weight is 645 g/mol. The summed E-state index contributed by atoms with van der Waals surface area (Å²) in [5.74, 6) is 0.921. The molecule has 2 aromatic rings. The van der Waals surface area contributed by atoms with E-state index in [9.17, 15) is 10.0 Å². The summed E-state index contributed by atoms with van der Waals surface area (Å²) in [5, 5.41) is 24.8. The van der Waals surface area contributed by atoms with Gasteiger partial charge in [0.1, 0.15) is 17.4 Å². The first-order valence-electron chi connectivity index (χ1n) is 15.3. The van der Waals surface area contributed by atoms with Gasteiger partial charge >= 0.3 is 6.07 Å². The normalized spacial score (nSPS) is 21.3. The Morgan fingerprint density at radius 3 is 2.75 bits per heavy atom. The van der Waals surface area contributed by atoms with Crippen molar-refractivity contribution < 1.29 is 14.3 Å². The zero-order valence-electron chi connectivity index (χ0n) is 25.8. The van der Waals surface area contributed by atoms with Crippen molar-refractivity contribution in [2.75, 3.05) is 56.3 Å². The molecule has 2 aromatic carbocycles. The maximum absolute atomic E-state index is 12.8. The molecule has 4 atom stereocenters. The lowest BCUT2D eigenvalue weighted by molar-refractivity contribution is -0.116. The van der Waals surface area contributed by atoms with Gasteiger partial charge in [-0.25, -0.2) is 0 Å². The Hall–Kier alpha value is -3.32. The first kappa shape index (κ1) is 33.6. The van der Waals surface area contributed by atoms with Gasteiger partial charge in [-0.1, -0.05) is 23.8 Å². The summed E-state index contributed by atoms with van der Waals surface area (Å²) in [5.41, 5.74) is 4.15. The third kappa shape index (κ3) is 9.10. The predicted octanol–water partition coefficient (Wildman–Crippen LogP) is 7.78. The Kier molecular flexibility index (Phi) is 12.3. The number of hydrogen-bond acceptors (Lipinski definition) is 7. The molecule has 1 amide bonds. The van der Waals surface area contributed by atoms with Gasteiger partial charge in [0.05, 0.1) is 30.0 Å². The Bertz CT molecular complexity index is 1380. The summed E-state index contributed by atoms with van der Waals surface area (Å²) in [6.07, 6.45) is 4.87. The van der Waals surface area contributed by atoms with Crippen LogP contribution in [0, 0.1) is 23.1 Å². The molecule has 44 heavy (non-hydrogen) atoms. The second-order valence-electron chi connectivity index (χ2n) is 11.7. The van der Waals surface area contributed by atoms with E-state index in [1.54, 1.807) is 0 Å². The first-order chi connectivity index (χ1) is 21.2. The summed E-state index contributed by atoms with van der Waals surface area (Å²) < 4.78 is 12.0. The van der Waals surface area contributed by atoms with Crippen molar-refractivity contribution in [3.8, 4) is 17.6 Å². The molecule has 1 heterocycles. The molecule has 11 heteroatoms.